The van der Waals surface area contributed by atoms with Gasteiger partial charge in [-0.3, -0.25) is 4.79 Å². The maximum Gasteiger partial charge on any atom is 0.251 e. The van der Waals surface area contributed by atoms with Crippen LogP contribution >= 0.6 is 11.3 Å². The van der Waals surface area contributed by atoms with Gasteiger partial charge in [0.25, 0.3) is 10.0 Å². The predicted molar refractivity (Wildman–Crippen MR) is 104 cm³/mol. The van der Waals surface area contributed by atoms with Crippen LogP contribution in [0.3, 0.4) is 0 Å². The second-order valence-electron chi connectivity index (χ2n) is 7.61. The second kappa shape index (κ2) is 7.40. The molecule has 0 spiro atoms. The third-order valence-corrected chi connectivity index (χ3v) is 6.83. The summed E-state index contributed by atoms with van der Waals surface area (Å²) in [5, 5.41) is 0. The number of benzene rings is 1. The number of nitrogens with one attached hydrogen (secondary N) is 1. The van der Waals surface area contributed by atoms with Crippen LogP contribution in [-0.2, 0) is 16.4 Å². The summed E-state index contributed by atoms with van der Waals surface area (Å²) in [6, 6.07) is 8.98. The molecule has 1 aromatic heterocycles. The molecule has 0 amide bonds. The third-order valence-electron chi connectivity index (χ3n) is 3.38. The lowest BCUT2D eigenvalue weighted by Crippen LogP contribution is -2.40. The van der Waals surface area contributed by atoms with Gasteiger partial charge < -0.3 is 0 Å². The Morgan fingerprint density at radius 3 is 2.44 bits per heavy atom. The molecule has 1 N–H and O–H groups in total. The van der Waals surface area contributed by atoms with Crippen molar-refractivity contribution >= 4 is 27.6 Å². The standard InChI is InChI=1S/C19H25NO3S2/c1-13(2)9-16-11-17(15-8-6-7-14(10-15)12-21)18(24-16)25(22,23)20-19(3,4)5/h6-8,10-13,20H,9H2,1-5H3. The molecule has 0 saturated heterocycles. The molecule has 0 fully saturated rings. The van der Waals surface area contributed by atoms with Crippen molar-refractivity contribution in [2.24, 2.45) is 5.92 Å². The van der Waals surface area contributed by atoms with Crippen LogP contribution in [-0.4, -0.2) is 20.2 Å². The highest BCUT2D eigenvalue weighted by molar-refractivity contribution is 7.91. The number of hydrogen-bond donors (Lipinski definition) is 1. The van der Waals surface area contributed by atoms with E-state index in [-0.39, 0.29) is 0 Å². The van der Waals surface area contributed by atoms with E-state index in [1.54, 1.807) is 18.2 Å². The van der Waals surface area contributed by atoms with Gasteiger partial charge in [-0.25, -0.2) is 13.1 Å². The minimum Gasteiger partial charge on any atom is -0.298 e. The molecule has 0 aliphatic heterocycles. The molecule has 25 heavy (non-hydrogen) atoms. The van der Waals surface area contributed by atoms with Gasteiger partial charge in [-0.15, -0.1) is 11.3 Å². The van der Waals surface area contributed by atoms with Gasteiger partial charge in [0.15, 0.2) is 0 Å². The SMILES string of the molecule is CC(C)Cc1cc(-c2cccc(C=O)c2)c(S(=O)(=O)NC(C)(C)C)s1. The molecule has 0 atom stereocenters. The third kappa shape index (κ3) is 5.23. The number of carbonyl (C=O) groups excluding carboxylic acids is 1. The van der Waals surface area contributed by atoms with Crippen molar-refractivity contribution in [2.45, 2.75) is 50.8 Å². The Kier molecular flexibility index (Phi) is 5.86. The first-order valence-electron chi connectivity index (χ1n) is 8.24. The summed E-state index contributed by atoms with van der Waals surface area (Å²) in [7, 11) is -3.65. The number of rotatable bonds is 6. The molecule has 136 valence electrons. The van der Waals surface area contributed by atoms with E-state index in [0.29, 0.717) is 21.3 Å². The molecule has 4 nitrogen and oxygen atoms in total. The largest absolute Gasteiger partial charge is 0.298 e. The van der Waals surface area contributed by atoms with Crippen LogP contribution in [0.4, 0.5) is 0 Å². The summed E-state index contributed by atoms with van der Waals surface area (Å²) in [4.78, 5) is 12.1. The monoisotopic (exact) mass is 379 g/mol. The fourth-order valence-corrected chi connectivity index (χ4v) is 5.92. The zero-order valence-electron chi connectivity index (χ0n) is 15.3. The van der Waals surface area contributed by atoms with E-state index in [9.17, 15) is 13.2 Å². The average Bonchev–Trinajstić information content (AvgIpc) is 2.89. The van der Waals surface area contributed by atoms with Crippen molar-refractivity contribution < 1.29 is 13.2 Å². The van der Waals surface area contributed by atoms with E-state index in [2.05, 4.69) is 18.6 Å². The van der Waals surface area contributed by atoms with Crippen molar-refractivity contribution in [3.8, 4) is 11.1 Å². The number of hydrogen-bond acceptors (Lipinski definition) is 4. The van der Waals surface area contributed by atoms with Crippen molar-refractivity contribution in [1.29, 1.82) is 0 Å². The van der Waals surface area contributed by atoms with E-state index in [1.807, 2.05) is 32.9 Å². The minimum atomic E-state index is -3.65. The van der Waals surface area contributed by atoms with E-state index >= 15 is 0 Å². The molecule has 2 aromatic rings. The van der Waals surface area contributed by atoms with Gasteiger partial charge in [0, 0.05) is 21.5 Å². The van der Waals surface area contributed by atoms with Crippen LogP contribution in [0.2, 0.25) is 0 Å². The highest BCUT2D eigenvalue weighted by Crippen LogP contribution is 2.37. The first kappa shape index (κ1) is 19.8. The Bertz CT molecular complexity index is 859. The molecule has 0 bridgehead atoms. The Hall–Kier alpha value is -1.50. The topological polar surface area (TPSA) is 63.2 Å². The number of sulfonamides is 1. The van der Waals surface area contributed by atoms with Crippen LogP contribution in [0, 0.1) is 5.92 Å². The fourth-order valence-electron chi connectivity index (χ4n) is 2.56. The van der Waals surface area contributed by atoms with Gasteiger partial charge in [-0.05, 0) is 50.8 Å². The van der Waals surface area contributed by atoms with E-state index in [0.717, 1.165) is 23.1 Å². The number of thiophene rings is 1. The van der Waals surface area contributed by atoms with Gasteiger partial charge >= 0.3 is 0 Å². The molecular weight excluding hydrogens is 354 g/mol. The zero-order valence-corrected chi connectivity index (χ0v) is 16.9. The normalized spacial score (nSPS) is 12.6. The fraction of sp³-hybridized carbons (Fsp3) is 0.421. The summed E-state index contributed by atoms with van der Waals surface area (Å²) >= 11 is 1.30. The first-order chi connectivity index (χ1) is 11.5. The Balaban J connectivity index is 2.61. The van der Waals surface area contributed by atoms with Crippen molar-refractivity contribution in [1.82, 2.24) is 4.72 Å². The summed E-state index contributed by atoms with van der Waals surface area (Å²) in [6.45, 7) is 9.67. The van der Waals surface area contributed by atoms with Crippen molar-refractivity contribution in [2.75, 3.05) is 0 Å². The van der Waals surface area contributed by atoms with E-state index < -0.39 is 15.6 Å². The highest BCUT2D eigenvalue weighted by atomic mass is 32.2. The van der Waals surface area contributed by atoms with Crippen LogP contribution in [0.5, 0.6) is 0 Å². The maximum atomic E-state index is 12.9. The lowest BCUT2D eigenvalue weighted by molar-refractivity contribution is 0.112. The summed E-state index contributed by atoms with van der Waals surface area (Å²) in [5.74, 6) is 0.430. The van der Waals surface area contributed by atoms with E-state index in [4.69, 9.17) is 0 Å². The Morgan fingerprint density at radius 1 is 1.20 bits per heavy atom. The van der Waals surface area contributed by atoms with E-state index in [1.165, 1.54) is 11.3 Å². The Morgan fingerprint density at radius 2 is 1.88 bits per heavy atom. The second-order valence-corrected chi connectivity index (χ2v) is 10.6. The van der Waals surface area contributed by atoms with Gasteiger partial charge in [-0.2, -0.15) is 0 Å². The van der Waals surface area contributed by atoms with Crippen LogP contribution in [0.25, 0.3) is 11.1 Å². The molecule has 0 saturated carbocycles. The first-order valence-corrected chi connectivity index (χ1v) is 10.5. The average molecular weight is 380 g/mol. The van der Waals surface area contributed by atoms with Gasteiger partial charge in [-0.1, -0.05) is 32.0 Å². The predicted octanol–water partition coefficient (Wildman–Crippen LogP) is 4.50. The highest BCUT2D eigenvalue weighted by Gasteiger charge is 2.27. The summed E-state index contributed by atoms with van der Waals surface area (Å²) < 4.78 is 28.9. The Labute approximate surface area is 154 Å². The van der Waals surface area contributed by atoms with Crippen LogP contribution < -0.4 is 4.72 Å². The molecule has 0 aliphatic carbocycles. The number of carbonyl (C=O) groups is 1. The lowest BCUT2D eigenvalue weighted by Gasteiger charge is -2.20. The molecule has 0 unspecified atom stereocenters. The maximum absolute atomic E-state index is 12.9. The van der Waals surface area contributed by atoms with Crippen molar-refractivity contribution in [3.05, 3.63) is 40.8 Å². The van der Waals surface area contributed by atoms with Crippen LogP contribution in [0.15, 0.2) is 34.5 Å². The zero-order chi connectivity index (χ0) is 18.8. The van der Waals surface area contributed by atoms with Crippen molar-refractivity contribution in [3.63, 3.8) is 0 Å². The number of aldehydes is 1. The summed E-state index contributed by atoms with van der Waals surface area (Å²) in [6.07, 6.45) is 1.59. The minimum absolute atomic E-state index is 0.307. The molecular formula is C19H25NO3S2. The van der Waals surface area contributed by atoms with Crippen LogP contribution in [0.1, 0.15) is 49.9 Å². The van der Waals surface area contributed by atoms with Gasteiger partial charge in [0.2, 0.25) is 0 Å². The lowest BCUT2D eigenvalue weighted by atomic mass is 10.0. The summed E-state index contributed by atoms with van der Waals surface area (Å²) in [5.41, 5.74) is 1.36. The molecule has 0 aliphatic rings. The quantitative estimate of drug-likeness (QED) is 0.752. The molecule has 0 radical (unpaired) electrons. The van der Waals surface area contributed by atoms with Gasteiger partial charge in [0.1, 0.15) is 10.5 Å². The smallest absolute Gasteiger partial charge is 0.251 e. The molecule has 1 aromatic carbocycles. The molecule has 6 heteroatoms. The van der Waals surface area contributed by atoms with Gasteiger partial charge in [0.05, 0.1) is 0 Å². The molecule has 2 rings (SSSR count). The molecule has 1 heterocycles.